The van der Waals surface area contributed by atoms with Gasteiger partial charge in [-0.05, 0) is 45.6 Å². The number of nitrogens with two attached hydrogens (primary N) is 1. The summed E-state index contributed by atoms with van der Waals surface area (Å²) in [6.07, 6.45) is 5.66. The molecule has 1 fully saturated rings. The van der Waals surface area contributed by atoms with Gasteiger partial charge in [-0.2, -0.15) is 0 Å². The Morgan fingerprint density at radius 3 is 2.69 bits per heavy atom. The predicted molar refractivity (Wildman–Crippen MR) is 64.1 cm³/mol. The molecule has 1 aliphatic rings. The van der Waals surface area contributed by atoms with Gasteiger partial charge in [-0.3, -0.25) is 4.79 Å². The summed E-state index contributed by atoms with van der Waals surface area (Å²) in [5, 5.41) is 3.20. The van der Waals surface area contributed by atoms with Crippen LogP contribution in [-0.4, -0.2) is 30.7 Å². The fourth-order valence-electron chi connectivity index (χ4n) is 1.67. The van der Waals surface area contributed by atoms with Crippen LogP contribution in [0.15, 0.2) is 0 Å². The first kappa shape index (κ1) is 13.5. The third-order valence-electron chi connectivity index (χ3n) is 3.32. The van der Waals surface area contributed by atoms with Crippen molar-refractivity contribution < 1.29 is 9.53 Å². The molecule has 0 aromatic rings. The van der Waals surface area contributed by atoms with E-state index >= 15 is 0 Å². The van der Waals surface area contributed by atoms with Gasteiger partial charge in [-0.15, -0.1) is 0 Å². The van der Waals surface area contributed by atoms with Crippen molar-refractivity contribution in [3.63, 3.8) is 0 Å². The Balaban J connectivity index is 2.27. The Morgan fingerprint density at radius 2 is 2.25 bits per heavy atom. The molecule has 3 N–H and O–H groups in total. The number of amides is 1. The molecule has 0 radical (unpaired) electrons. The number of nitrogens with one attached hydrogen (secondary N) is 1. The van der Waals surface area contributed by atoms with Crippen LogP contribution in [0.1, 0.15) is 46.0 Å². The minimum absolute atomic E-state index is 0.293. The maximum atomic E-state index is 11.4. The molecular formula is C12H24N2O2. The zero-order valence-corrected chi connectivity index (χ0v) is 10.4. The number of primary amides is 1. The summed E-state index contributed by atoms with van der Waals surface area (Å²) in [6, 6.07) is 0. The molecule has 0 saturated heterocycles. The van der Waals surface area contributed by atoms with E-state index < -0.39 is 5.54 Å². The number of rotatable bonds is 8. The van der Waals surface area contributed by atoms with Crippen molar-refractivity contribution in [2.45, 2.75) is 57.6 Å². The largest absolute Gasteiger partial charge is 0.378 e. The molecule has 4 nitrogen and oxygen atoms in total. The predicted octanol–water partition coefficient (Wildman–Crippen LogP) is 1.19. The smallest absolute Gasteiger partial charge is 0.237 e. The van der Waals surface area contributed by atoms with E-state index in [9.17, 15) is 4.79 Å². The fraction of sp³-hybridized carbons (Fsp3) is 0.917. The Kier molecular flexibility index (Phi) is 5.22. The van der Waals surface area contributed by atoms with Crippen LogP contribution in [0, 0.1) is 0 Å². The molecular weight excluding hydrogens is 204 g/mol. The maximum Gasteiger partial charge on any atom is 0.237 e. The molecule has 4 heteroatoms. The van der Waals surface area contributed by atoms with E-state index in [0.717, 1.165) is 25.8 Å². The van der Waals surface area contributed by atoms with Gasteiger partial charge in [0.25, 0.3) is 0 Å². The average molecular weight is 228 g/mol. The first-order valence-electron chi connectivity index (χ1n) is 6.25. The van der Waals surface area contributed by atoms with Crippen LogP contribution >= 0.6 is 0 Å². The summed E-state index contributed by atoms with van der Waals surface area (Å²) in [7, 11) is 0. The van der Waals surface area contributed by atoms with Gasteiger partial charge in [-0.25, -0.2) is 0 Å². The van der Waals surface area contributed by atoms with E-state index in [1.165, 1.54) is 6.42 Å². The van der Waals surface area contributed by atoms with Gasteiger partial charge in [-0.1, -0.05) is 6.92 Å². The van der Waals surface area contributed by atoms with Gasteiger partial charge in [0, 0.05) is 6.61 Å². The quantitative estimate of drug-likeness (QED) is 0.656. The molecule has 0 heterocycles. The second-order valence-corrected chi connectivity index (χ2v) is 4.80. The van der Waals surface area contributed by atoms with E-state index in [2.05, 4.69) is 12.2 Å². The summed E-state index contributed by atoms with van der Waals surface area (Å²) < 4.78 is 5.66. The summed E-state index contributed by atoms with van der Waals surface area (Å²) in [6.45, 7) is 5.35. The molecule has 94 valence electrons. The van der Waals surface area contributed by atoms with Crippen molar-refractivity contribution in [1.82, 2.24) is 5.32 Å². The minimum Gasteiger partial charge on any atom is -0.378 e. The molecule has 1 atom stereocenters. The third kappa shape index (κ3) is 3.76. The highest BCUT2D eigenvalue weighted by Gasteiger charge is 2.30. The number of hydrogen-bond donors (Lipinski definition) is 2. The molecule has 0 aromatic heterocycles. The molecule has 1 rings (SSSR count). The molecule has 0 bridgehead atoms. The molecule has 16 heavy (non-hydrogen) atoms. The van der Waals surface area contributed by atoms with Gasteiger partial charge in [0.2, 0.25) is 5.91 Å². The second-order valence-electron chi connectivity index (χ2n) is 4.80. The van der Waals surface area contributed by atoms with E-state index in [-0.39, 0.29) is 5.91 Å². The van der Waals surface area contributed by atoms with E-state index in [1.54, 1.807) is 0 Å². The summed E-state index contributed by atoms with van der Waals surface area (Å²) in [5.74, 6) is -0.293. The lowest BCUT2D eigenvalue weighted by molar-refractivity contribution is -0.125. The summed E-state index contributed by atoms with van der Waals surface area (Å²) in [5.41, 5.74) is 4.79. The van der Waals surface area contributed by atoms with Crippen molar-refractivity contribution in [2.75, 3.05) is 13.2 Å². The van der Waals surface area contributed by atoms with Crippen LogP contribution in [-0.2, 0) is 9.53 Å². The third-order valence-corrected chi connectivity index (χ3v) is 3.32. The van der Waals surface area contributed by atoms with E-state index in [4.69, 9.17) is 10.5 Å². The number of carbonyl (C=O) groups is 1. The lowest BCUT2D eigenvalue weighted by Gasteiger charge is -2.30. The van der Waals surface area contributed by atoms with E-state index in [0.29, 0.717) is 19.1 Å². The maximum absolute atomic E-state index is 11.4. The molecule has 1 saturated carbocycles. The standard InChI is InChI=1S/C12H24N2O2/c1-3-8-14-12(2,11(13)15)7-9-16-10-5-4-6-10/h10,14H,3-9H2,1-2H3,(H2,13,15). The number of ether oxygens (including phenoxy) is 1. The van der Waals surface area contributed by atoms with Crippen LogP contribution in [0.3, 0.4) is 0 Å². The van der Waals surface area contributed by atoms with Gasteiger partial charge < -0.3 is 15.8 Å². The highest BCUT2D eigenvalue weighted by molar-refractivity contribution is 5.84. The van der Waals surface area contributed by atoms with Crippen molar-refractivity contribution in [1.29, 1.82) is 0 Å². The molecule has 1 aliphatic carbocycles. The number of carbonyl (C=O) groups excluding carboxylic acids is 1. The van der Waals surface area contributed by atoms with Crippen LogP contribution in [0.5, 0.6) is 0 Å². The summed E-state index contributed by atoms with van der Waals surface area (Å²) >= 11 is 0. The molecule has 0 spiro atoms. The summed E-state index contributed by atoms with van der Waals surface area (Å²) in [4.78, 5) is 11.4. The van der Waals surface area contributed by atoms with Gasteiger partial charge >= 0.3 is 0 Å². The Labute approximate surface area is 97.9 Å². The Hall–Kier alpha value is -0.610. The highest BCUT2D eigenvalue weighted by atomic mass is 16.5. The topological polar surface area (TPSA) is 64.3 Å². The van der Waals surface area contributed by atoms with E-state index in [1.807, 2.05) is 6.92 Å². The van der Waals surface area contributed by atoms with Gasteiger partial charge in [0.05, 0.1) is 11.6 Å². The molecule has 1 amide bonds. The molecule has 0 aliphatic heterocycles. The second kappa shape index (κ2) is 6.21. The highest BCUT2D eigenvalue weighted by Crippen LogP contribution is 2.22. The minimum atomic E-state index is -0.625. The lowest BCUT2D eigenvalue weighted by atomic mass is 9.95. The van der Waals surface area contributed by atoms with Crippen molar-refractivity contribution >= 4 is 5.91 Å². The molecule has 0 aromatic carbocycles. The average Bonchev–Trinajstić information content (AvgIpc) is 2.18. The molecule has 1 unspecified atom stereocenters. The zero-order chi connectivity index (χ0) is 12.0. The zero-order valence-electron chi connectivity index (χ0n) is 10.4. The SMILES string of the molecule is CCCNC(C)(CCOC1CCC1)C(N)=O. The van der Waals surface area contributed by atoms with Crippen LogP contribution < -0.4 is 11.1 Å². The van der Waals surface area contributed by atoms with Gasteiger partial charge in [0.15, 0.2) is 0 Å². The Morgan fingerprint density at radius 1 is 1.56 bits per heavy atom. The first-order valence-corrected chi connectivity index (χ1v) is 6.25. The Bertz CT molecular complexity index is 229. The van der Waals surface area contributed by atoms with Gasteiger partial charge in [0.1, 0.15) is 0 Å². The van der Waals surface area contributed by atoms with Crippen molar-refractivity contribution in [3.8, 4) is 0 Å². The number of hydrogen-bond acceptors (Lipinski definition) is 3. The first-order chi connectivity index (χ1) is 7.58. The monoisotopic (exact) mass is 228 g/mol. The fourth-order valence-corrected chi connectivity index (χ4v) is 1.67. The van der Waals surface area contributed by atoms with Crippen LogP contribution in [0.2, 0.25) is 0 Å². The van der Waals surface area contributed by atoms with Crippen LogP contribution in [0.4, 0.5) is 0 Å². The van der Waals surface area contributed by atoms with Crippen molar-refractivity contribution in [3.05, 3.63) is 0 Å². The van der Waals surface area contributed by atoms with Crippen LogP contribution in [0.25, 0.3) is 0 Å². The van der Waals surface area contributed by atoms with Crippen molar-refractivity contribution in [2.24, 2.45) is 5.73 Å². The lowest BCUT2D eigenvalue weighted by Crippen LogP contribution is -2.54. The normalized spacial score (nSPS) is 20.1.